The predicted octanol–water partition coefficient (Wildman–Crippen LogP) is 4.26. The van der Waals surface area contributed by atoms with E-state index in [1.807, 2.05) is 0 Å². The molecule has 0 bridgehead atoms. The Balaban J connectivity index is 2.22. The lowest BCUT2D eigenvalue weighted by molar-refractivity contribution is 0.913. The zero-order valence-electron chi connectivity index (χ0n) is 10.4. The molecular formula is C16H18P. The highest BCUT2D eigenvalue weighted by Gasteiger charge is 2.09. The minimum absolute atomic E-state index is 0.482. The average molecular weight is 241 g/mol. The standard InChI is InChI=1S/C16H18P/c1-12-7-6-8-13(2)15(12)11-16(17)14-9-4-3-5-10-14/h3-5,7-10,16H,11,17H2,1-2H3. The second-order valence-corrected chi connectivity index (χ2v) is 5.33. The van der Waals surface area contributed by atoms with Crippen molar-refractivity contribution in [2.24, 2.45) is 0 Å². The summed E-state index contributed by atoms with van der Waals surface area (Å²) in [6.45, 7) is 4.34. The van der Waals surface area contributed by atoms with Gasteiger partial charge < -0.3 is 0 Å². The van der Waals surface area contributed by atoms with Crippen molar-refractivity contribution in [1.29, 1.82) is 0 Å². The maximum Gasteiger partial charge on any atom is 0.00259 e. The van der Waals surface area contributed by atoms with Gasteiger partial charge in [-0.15, -0.1) is 9.24 Å². The molecule has 0 amide bonds. The minimum Gasteiger partial charge on any atom is -0.129 e. The molecule has 0 fully saturated rings. The van der Waals surface area contributed by atoms with Crippen molar-refractivity contribution in [2.75, 3.05) is 0 Å². The van der Waals surface area contributed by atoms with Gasteiger partial charge in [0.2, 0.25) is 0 Å². The molecule has 0 aliphatic heterocycles. The summed E-state index contributed by atoms with van der Waals surface area (Å²) >= 11 is 0. The van der Waals surface area contributed by atoms with E-state index < -0.39 is 0 Å². The van der Waals surface area contributed by atoms with Crippen molar-refractivity contribution in [1.82, 2.24) is 0 Å². The Morgan fingerprint density at radius 3 is 2.24 bits per heavy atom. The second kappa shape index (κ2) is 5.47. The largest absolute Gasteiger partial charge is 0.129 e. The molecule has 1 heteroatoms. The normalized spacial score (nSPS) is 12.4. The van der Waals surface area contributed by atoms with E-state index in [0.29, 0.717) is 5.66 Å². The van der Waals surface area contributed by atoms with E-state index in [0.717, 1.165) is 6.42 Å². The smallest absolute Gasteiger partial charge is 0.00259 e. The van der Waals surface area contributed by atoms with Gasteiger partial charge in [-0.05, 0) is 48.6 Å². The maximum atomic E-state index is 3.18. The Morgan fingerprint density at radius 1 is 1.06 bits per heavy atom. The third-order valence-corrected chi connectivity index (χ3v) is 3.82. The number of aryl methyl sites for hydroxylation is 2. The van der Waals surface area contributed by atoms with E-state index in [4.69, 9.17) is 0 Å². The molecule has 2 aromatic rings. The molecule has 87 valence electrons. The first-order valence-corrected chi connectivity index (χ1v) is 6.62. The number of rotatable bonds is 3. The van der Waals surface area contributed by atoms with Crippen LogP contribution in [0, 0.1) is 19.9 Å². The molecule has 0 saturated heterocycles. The van der Waals surface area contributed by atoms with Crippen LogP contribution in [0.1, 0.15) is 27.9 Å². The Hall–Kier alpha value is -1.13. The summed E-state index contributed by atoms with van der Waals surface area (Å²) in [4.78, 5) is 0. The lowest BCUT2D eigenvalue weighted by atomic mass is 9.96. The highest BCUT2D eigenvalue weighted by atomic mass is 31.0. The van der Waals surface area contributed by atoms with Gasteiger partial charge in [-0.3, -0.25) is 0 Å². The fourth-order valence-electron chi connectivity index (χ4n) is 2.14. The molecule has 2 atom stereocenters. The van der Waals surface area contributed by atoms with Gasteiger partial charge in [0.15, 0.2) is 0 Å². The maximum absolute atomic E-state index is 3.18. The van der Waals surface area contributed by atoms with E-state index in [2.05, 4.69) is 71.6 Å². The van der Waals surface area contributed by atoms with Crippen LogP contribution in [-0.2, 0) is 6.42 Å². The summed E-state index contributed by atoms with van der Waals surface area (Å²) in [5, 5.41) is 0. The first kappa shape index (κ1) is 12.3. The van der Waals surface area contributed by atoms with Crippen LogP contribution in [-0.4, -0.2) is 0 Å². The number of hydrogen-bond acceptors (Lipinski definition) is 0. The van der Waals surface area contributed by atoms with Gasteiger partial charge in [-0.25, -0.2) is 0 Å². The Labute approximate surface area is 106 Å². The third kappa shape index (κ3) is 2.96. The van der Waals surface area contributed by atoms with Gasteiger partial charge in [0, 0.05) is 5.66 Å². The second-order valence-electron chi connectivity index (χ2n) is 4.52. The van der Waals surface area contributed by atoms with Crippen molar-refractivity contribution in [3.8, 4) is 0 Å². The first-order valence-electron chi connectivity index (χ1n) is 5.95. The summed E-state index contributed by atoms with van der Waals surface area (Å²) in [5.41, 5.74) is 5.99. The molecule has 0 N–H and O–H groups in total. The van der Waals surface area contributed by atoms with Crippen molar-refractivity contribution >= 4 is 9.24 Å². The van der Waals surface area contributed by atoms with Gasteiger partial charge >= 0.3 is 0 Å². The molecule has 0 saturated carbocycles. The quantitative estimate of drug-likeness (QED) is 0.704. The molecule has 0 aromatic heterocycles. The van der Waals surface area contributed by atoms with Crippen LogP contribution < -0.4 is 0 Å². The first-order chi connectivity index (χ1) is 8.18. The zero-order chi connectivity index (χ0) is 12.3. The van der Waals surface area contributed by atoms with Crippen molar-refractivity contribution in [3.63, 3.8) is 0 Å². The van der Waals surface area contributed by atoms with Crippen LogP contribution in [0.15, 0.2) is 42.5 Å². The van der Waals surface area contributed by atoms with Crippen LogP contribution in [0.4, 0.5) is 0 Å². The minimum atomic E-state index is 0.482. The summed E-state index contributed by atoms with van der Waals surface area (Å²) in [6, 6.07) is 18.0. The lowest BCUT2D eigenvalue weighted by Gasteiger charge is -2.15. The predicted molar refractivity (Wildman–Crippen MR) is 77.3 cm³/mol. The highest BCUT2D eigenvalue weighted by Crippen LogP contribution is 2.29. The molecule has 1 radical (unpaired) electrons. The monoisotopic (exact) mass is 241 g/mol. The van der Waals surface area contributed by atoms with Crippen molar-refractivity contribution < 1.29 is 0 Å². The van der Waals surface area contributed by atoms with Crippen molar-refractivity contribution in [2.45, 2.75) is 25.9 Å². The molecule has 2 unspecified atom stereocenters. The highest BCUT2D eigenvalue weighted by molar-refractivity contribution is 7.17. The van der Waals surface area contributed by atoms with Crippen LogP contribution in [0.25, 0.3) is 0 Å². The van der Waals surface area contributed by atoms with Gasteiger partial charge in [0.1, 0.15) is 0 Å². The Kier molecular flexibility index (Phi) is 3.97. The van der Waals surface area contributed by atoms with Gasteiger partial charge in [0.05, 0.1) is 0 Å². The molecule has 0 spiro atoms. The van der Waals surface area contributed by atoms with Crippen LogP contribution in [0.3, 0.4) is 0 Å². The van der Waals surface area contributed by atoms with E-state index in [1.54, 1.807) is 0 Å². The summed E-state index contributed by atoms with van der Waals surface area (Å²) < 4.78 is 0. The zero-order valence-corrected chi connectivity index (χ0v) is 11.6. The van der Waals surface area contributed by atoms with E-state index >= 15 is 0 Å². The van der Waals surface area contributed by atoms with E-state index in [-0.39, 0.29) is 0 Å². The Morgan fingerprint density at radius 2 is 1.65 bits per heavy atom. The van der Waals surface area contributed by atoms with Gasteiger partial charge in [0.25, 0.3) is 0 Å². The van der Waals surface area contributed by atoms with Gasteiger partial charge in [-0.2, -0.15) is 0 Å². The molecule has 0 aliphatic carbocycles. The molecule has 0 nitrogen and oxygen atoms in total. The summed E-state index contributed by atoms with van der Waals surface area (Å²) in [7, 11) is 2.96. The SMILES string of the molecule is Cc1c[c]cc(C)c1CC(P)c1ccccc1. The molecule has 2 aromatic carbocycles. The molecule has 0 heterocycles. The lowest BCUT2D eigenvalue weighted by Crippen LogP contribution is -1.99. The van der Waals surface area contributed by atoms with Crippen LogP contribution in [0.5, 0.6) is 0 Å². The van der Waals surface area contributed by atoms with Crippen LogP contribution in [0.2, 0.25) is 0 Å². The molecule has 2 rings (SSSR count). The molecular weight excluding hydrogens is 223 g/mol. The average Bonchev–Trinajstić information content (AvgIpc) is 2.35. The summed E-state index contributed by atoms with van der Waals surface area (Å²) in [5.74, 6) is 0. The third-order valence-electron chi connectivity index (χ3n) is 3.20. The van der Waals surface area contributed by atoms with E-state index in [1.165, 1.54) is 22.3 Å². The number of hydrogen-bond donors (Lipinski definition) is 0. The topological polar surface area (TPSA) is 0 Å². The van der Waals surface area contributed by atoms with Crippen LogP contribution >= 0.6 is 9.24 Å². The molecule has 0 aliphatic rings. The fraction of sp³-hybridized carbons (Fsp3) is 0.250. The number of benzene rings is 2. The van der Waals surface area contributed by atoms with Crippen molar-refractivity contribution in [3.05, 3.63) is 70.8 Å². The van der Waals surface area contributed by atoms with Gasteiger partial charge in [-0.1, -0.05) is 42.5 Å². The van der Waals surface area contributed by atoms with E-state index in [9.17, 15) is 0 Å². The fourth-order valence-corrected chi connectivity index (χ4v) is 2.59. The summed E-state index contributed by atoms with van der Waals surface area (Å²) in [6.07, 6.45) is 1.07. The Bertz CT molecular complexity index is 468. The molecule has 17 heavy (non-hydrogen) atoms.